The second-order valence-corrected chi connectivity index (χ2v) is 6.00. The van der Waals surface area contributed by atoms with Crippen LogP contribution in [-0.4, -0.2) is 37.4 Å². The van der Waals surface area contributed by atoms with Gasteiger partial charge in [-0.15, -0.1) is 12.4 Å². The number of carbonyl (C=O) groups is 3. The molecule has 0 saturated carbocycles. The van der Waals surface area contributed by atoms with Crippen LogP contribution in [0.3, 0.4) is 0 Å². The molecule has 0 bridgehead atoms. The summed E-state index contributed by atoms with van der Waals surface area (Å²) in [5, 5.41) is 8.04. The van der Waals surface area contributed by atoms with E-state index in [0.29, 0.717) is 42.9 Å². The van der Waals surface area contributed by atoms with Crippen molar-refractivity contribution in [3.8, 4) is 0 Å². The Hall–Kier alpha value is -2.97. The molecule has 29 heavy (non-hydrogen) atoms. The Kier molecular flexibility index (Phi) is 10.4. The zero-order valence-electron chi connectivity index (χ0n) is 15.7. The SMILES string of the molecule is Cl.NCCNC(=O)c1ccccc1NC(=O)CCCNC(=O)c1ccc(F)cc1. The van der Waals surface area contributed by atoms with Gasteiger partial charge in [0.1, 0.15) is 5.82 Å². The zero-order valence-corrected chi connectivity index (χ0v) is 16.6. The lowest BCUT2D eigenvalue weighted by atomic mass is 10.1. The quantitative estimate of drug-likeness (QED) is 0.463. The number of halogens is 2. The largest absolute Gasteiger partial charge is 0.352 e. The van der Waals surface area contributed by atoms with Gasteiger partial charge >= 0.3 is 0 Å². The minimum Gasteiger partial charge on any atom is -0.352 e. The molecule has 0 aliphatic heterocycles. The van der Waals surface area contributed by atoms with Crippen molar-refractivity contribution in [3.05, 3.63) is 65.5 Å². The summed E-state index contributed by atoms with van der Waals surface area (Å²) in [6, 6.07) is 11.9. The highest BCUT2D eigenvalue weighted by molar-refractivity contribution is 6.03. The zero-order chi connectivity index (χ0) is 20.4. The number of rotatable bonds is 9. The van der Waals surface area contributed by atoms with E-state index >= 15 is 0 Å². The van der Waals surface area contributed by atoms with Crippen LogP contribution in [0.1, 0.15) is 33.6 Å². The van der Waals surface area contributed by atoms with Crippen molar-refractivity contribution < 1.29 is 18.8 Å². The Morgan fingerprint density at radius 3 is 2.24 bits per heavy atom. The minimum absolute atomic E-state index is 0. The molecule has 2 rings (SSSR count). The summed E-state index contributed by atoms with van der Waals surface area (Å²) < 4.78 is 12.9. The van der Waals surface area contributed by atoms with Crippen molar-refractivity contribution in [2.45, 2.75) is 12.8 Å². The van der Waals surface area contributed by atoms with Crippen LogP contribution in [0.4, 0.5) is 10.1 Å². The van der Waals surface area contributed by atoms with E-state index in [1.54, 1.807) is 24.3 Å². The molecule has 0 fully saturated rings. The van der Waals surface area contributed by atoms with Crippen LogP contribution in [0.25, 0.3) is 0 Å². The van der Waals surface area contributed by atoms with E-state index < -0.39 is 5.82 Å². The molecule has 0 unspecified atom stereocenters. The summed E-state index contributed by atoms with van der Waals surface area (Å²) >= 11 is 0. The molecule has 0 spiro atoms. The van der Waals surface area contributed by atoms with Crippen molar-refractivity contribution in [2.75, 3.05) is 25.0 Å². The predicted octanol–water partition coefficient (Wildman–Crippen LogP) is 2.08. The first kappa shape index (κ1) is 24.1. The van der Waals surface area contributed by atoms with E-state index in [1.165, 1.54) is 24.3 Å². The van der Waals surface area contributed by atoms with Crippen molar-refractivity contribution in [2.24, 2.45) is 5.73 Å². The number of nitrogens with one attached hydrogen (secondary N) is 3. The predicted molar refractivity (Wildman–Crippen MR) is 112 cm³/mol. The van der Waals surface area contributed by atoms with Crippen molar-refractivity contribution in [1.29, 1.82) is 0 Å². The molecule has 156 valence electrons. The third kappa shape index (κ3) is 7.89. The van der Waals surface area contributed by atoms with Gasteiger partial charge in [0.05, 0.1) is 11.3 Å². The molecule has 9 heteroatoms. The molecule has 0 radical (unpaired) electrons. The molecular formula is C20H24ClFN4O3. The first-order valence-corrected chi connectivity index (χ1v) is 8.92. The fraction of sp³-hybridized carbons (Fsp3) is 0.250. The van der Waals surface area contributed by atoms with E-state index in [1.807, 2.05) is 0 Å². The third-order valence-electron chi connectivity index (χ3n) is 3.85. The Morgan fingerprint density at radius 2 is 1.55 bits per heavy atom. The molecule has 3 amide bonds. The van der Waals surface area contributed by atoms with E-state index in [2.05, 4.69) is 16.0 Å². The number of anilines is 1. The maximum absolute atomic E-state index is 12.9. The molecule has 0 aliphatic rings. The van der Waals surface area contributed by atoms with Gasteiger partial charge in [-0.2, -0.15) is 0 Å². The normalized spacial score (nSPS) is 9.86. The van der Waals surface area contributed by atoms with Gasteiger partial charge in [0, 0.05) is 31.6 Å². The minimum atomic E-state index is -0.412. The number of amides is 3. The van der Waals surface area contributed by atoms with Crippen LogP contribution in [-0.2, 0) is 4.79 Å². The van der Waals surface area contributed by atoms with Gasteiger partial charge in [-0.25, -0.2) is 4.39 Å². The number of hydrogen-bond acceptors (Lipinski definition) is 4. The average Bonchev–Trinajstić information content (AvgIpc) is 2.70. The summed E-state index contributed by atoms with van der Waals surface area (Å²) in [6.07, 6.45) is 0.586. The smallest absolute Gasteiger partial charge is 0.253 e. The van der Waals surface area contributed by atoms with Gasteiger partial charge in [0.15, 0.2) is 0 Å². The van der Waals surface area contributed by atoms with Gasteiger partial charge in [0.25, 0.3) is 11.8 Å². The highest BCUT2D eigenvalue weighted by atomic mass is 35.5. The number of nitrogens with two attached hydrogens (primary N) is 1. The monoisotopic (exact) mass is 422 g/mol. The molecule has 2 aromatic rings. The van der Waals surface area contributed by atoms with E-state index in [-0.39, 0.29) is 36.5 Å². The lowest BCUT2D eigenvalue weighted by Crippen LogP contribution is -2.30. The van der Waals surface area contributed by atoms with E-state index in [9.17, 15) is 18.8 Å². The highest BCUT2D eigenvalue weighted by Crippen LogP contribution is 2.15. The van der Waals surface area contributed by atoms with Crippen LogP contribution >= 0.6 is 12.4 Å². The lowest BCUT2D eigenvalue weighted by molar-refractivity contribution is -0.116. The molecule has 0 heterocycles. The Balaban J connectivity index is 0.00000420. The van der Waals surface area contributed by atoms with Crippen LogP contribution in [0.5, 0.6) is 0 Å². The van der Waals surface area contributed by atoms with Crippen molar-refractivity contribution in [1.82, 2.24) is 10.6 Å². The van der Waals surface area contributed by atoms with Crippen LogP contribution in [0.2, 0.25) is 0 Å². The Labute approximate surface area is 174 Å². The third-order valence-corrected chi connectivity index (χ3v) is 3.85. The standard InChI is InChI=1S/C20H23FN4O3.ClH/c21-15-9-7-14(8-10-15)19(27)23-12-3-6-18(26)25-17-5-2-1-4-16(17)20(28)24-13-11-22;/h1-2,4-5,7-10H,3,6,11-13,22H2,(H,23,27)(H,24,28)(H,25,26);1H. The molecule has 0 aromatic heterocycles. The summed E-state index contributed by atoms with van der Waals surface area (Å²) in [5.74, 6) is -1.32. The van der Waals surface area contributed by atoms with Crippen LogP contribution in [0.15, 0.2) is 48.5 Å². The van der Waals surface area contributed by atoms with Gasteiger partial charge in [0.2, 0.25) is 5.91 Å². The van der Waals surface area contributed by atoms with Crippen molar-refractivity contribution >= 4 is 35.8 Å². The first-order chi connectivity index (χ1) is 13.5. The maximum atomic E-state index is 12.9. The fourth-order valence-corrected chi connectivity index (χ4v) is 2.44. The molecule has 5 N–H and O–H groups in total. The summed E-state index contributed by atoms with van der Waals surface area (Å²) in [7, 11) is 0. The molecule has 0 atom stereocenters. The highest BCUT2D eigenvalue weighted by Gasteiger charge is 2.12. The van der Waals surface area contributed by atoms with Gasteiger partial charge in [-0.05, 0) is 42.8 Å². The number of benzene rings is 2. The number of carbonyl (C=O) groups excluding carboxylic acids is 3. The number of hydrogen-bond donors (Lipinski definition) is 4. The van der Waals surface area contributed by atoms with E-state index in [0.717, 1.165) is 0 Å². The molecule has 2 aromatic carbocycles. The van der Waals surface area contributed by atoms with E-state index in [4.69, 9.17) is 5.73 Å². The Morgan fingerprint density at radius 1 is 0.897 bits per heavy atom. The molecule has 7 nitrogen and oxygen atoms in total. The second kappa shape index (κ2) is 12.5. The summed E-state index contributed by atoms with van der Waals surface area (Å²) in [5.41, 5.74) is 6.50. The summed E-state index contributed by atoms with van der Waals surface area (Å²) in [4.78, 5) is 36.2. The number of para-hydroxylation sites is 1. The topological polar surface area (TPSA) is 113 Å². The van der Waals surface area contributed by atoms with Crippen molar-refractivity contribution in [3.63, 3.8) is 0 Å². The molecule has 0 saturated heterocycles. The Bertz CT molecular complexity index is 831. The maximum Gasteiger partial charge on any atom is 0.253 e. The second-order valence-electron chi connectivity index (χ2n) is 6.00. The first-order valence-electron chi connectivity index (χ1n) is 8.92. The lowest BCUT2D eigenvalue weighted by Gasteiger charge is -2.11. The molecule has 0 aliphatic carbocycles. The van der Waals surface area contributed by atoms with Gasteiger partial charge in [-0.3, -0.25) is 14.4 Å². The van der Waals surface area contributed by atoms with Crippen LogP contribution < -0.4 is 21.7 Å². The fourth-order valence-electron chi connectivity index (χ4n) is 2.44. The van der Waals surface area contributed by atoms with Gasteiger partial charge < -0.3 is 21.7 Å². The van der Waals surface area contributed by atoms with Gasteiger partial charge in [-0.1, -0.05) is 12.1 Å². The van der Waals surface area contributed by atoms with Crippen LogP contribution in [0, 0.1) is 5.82 Å². The average molecular weight is 423 g/mol. The summed E-state index contributed by atoms with van der Waals surface area (Å²) in [6.45, 7) is 0.959. The molecular weight excluding hydrogens is 399 g/mol.